The van der Waals surface area contributed by atoms with E-state index in [4.69, 9.17) is 0 Å². The molecular weight excluding hydrogens is 433 g/mol. The number of carbonyl (C=O) groups is 2. The van der Waals surface area contributed by atoms with Crippen molar-refractivity contribution in [2.75, 3.05) is 32.5 Å². The third-order valence-corrected chi connectivity index (χ3v) is 6.03. The number of nitrogens with one attached hydrogen (secondary N) is 1. The van der Waals surface area contributed by atoms with E-state index >= 15 is 0 Å². The van der Waals surface area contributed by atoms with Gasteiger partial charge in [-0.3, -0.25) is 9.59 Å². The number of hydrogen-bond acceptors (Lipinski definition) is 7. The summed E-state index contributed by atoms with van der Waals surface area (Å²) in [6.45, 7) is 4.83. The Morgan fingerprint density at radius 3 is 2.56 bits per heavy atom. The summed E-state index contributed by atoms with van der Waals surface area (Å²) in [6.07, 6.45) is 0. The summed E-state index contributed by atoms with van der Waals surface area (Å²) in [5.74, 6) is 0.871. The SMILES string of the molecule is Cc1nsc(-c2nc(NC(=O)CN(C)C)c3n2CCN(C(=O)c2ccc(F)cc2)C3C)n1. The highest BCUT2D eigenvalue weighted by Gasteiger charge is 2.35. The number of aromatic nitrogens is 4. The van der Waals surface area contributed by atoms with Crippen molar-refractivity contribution < 1.29 is 14.0 Å². The number of benzene rings is 1. The van der Waals surface area contributed by atoms with E-state index in [2.05, 4.69) is 19.7 Å². The maximum absolute atomic E-state index is 13.3. The number of likely N-dealkylation sites (N-methyl/N-ethyl adjacent to an activating group) is 1. The van der Waals surface area contributed by atoms with Crippen LogP contribution < -0.4 is 5.32 Å². The van der Waals surface area contributed by atoms with E-state index in [0.717, 1.165) is 5.69 Å². The number of carbonyl (C=O) groups excluding carboxylic acids is 2. The van der Waals surface area contributed by atoms with Crippen molar-refractivity contribution in [2.24, 2.45) is 0 Å². The van der Waals surface area contributed by atoms with Crippen molar-refractivity contribution in [3.05, 3.63) is 47.2 Å². The van der Waals surface area contributed by atoms with Crippen LogP contribution in [0.1, 0.15) is 34.8 Å². The predicted molar refractivity (Wildman–Crippen MR) is 119 cm³/mol. The zero-order chi connectivity index (χ0) is 23.0. The first-order valence-electron chi connectivity index (χ1n) is 10.2. The molecular formula is C21H24FN7O2S. The highest BCUT2D eigenvalue weighted by Crippen LogP contribution is 2.36. The second kappa shape index (κ2) is 8.75. The predicted octanol–water partition coefficient (Wildman–Crippen LogP) is 2.57. The lowest BCUT2D eigenvalue weighted by Gasteiger charge is -2.35. The summed E-state index contributed by atoms with van der Waals surface area (Å²) in [5, 5.41) is 3.55. The van der Waals surface area contributed by atoms with Gasteiger partial charge in [-0.15, -0.1) is 0 Å². The van der Waals surface area contributed by atoms with Gasteiger partial charge in [0.15, 0.2) is 16.6 Å². The lowest BCUT2D eigenvalue weighted by Crippen LogP contribution is -2.41. The van der Waals surface area contributed by atoms with Crippen LogP contribution in [0.5, 0.6) is 0 Å². The number of rotatable bonds is 5. The summed E-state index contributed by atoms with van der Waals surface area (Å²) < 4.78 is 19.5. The number of halogens is 1. The summed E-state index contributed by atoms with van der Waals surface area (Å²) in [5.41, 5.74) is 1.13. The van der Waals surface area contributed by atoms with Crippen LogP contribution >= 0.6 is 11.5 Å². The maximum Gasteiger partial charge on any atom is 0.254 e. The van der Waals surface area contributed by atoms with Gasteiger partial charge >= 0.3 is 0 Å². The third-order valence-electron chi connectivity index (χ3n) is 5.22. The Morgan fingerprint density at radius 2 is 1.94 bits per heavy atom. The van der Waals surface area contributed by atoms with Crippen molar-refractivity contribution in [1.29, 1.82) is 0 Å². The molecule has 11 heteroatoms. The minimum absolute atomic E-state index is 0.201. The van der Waals surface area contributed by atoms with E-state index in [1.165, 1.54) is 35.8 Å². The summed E-state index contributed by atoms with van der Waals surface area (Å²) in [6, 6.07) is 5.13. The molecule has 0 radical (unpaired) electrons. The zero-order valence-corrected chi connectivity index (χ0v) is 19.1. The first-order chi connectivity index (χ1) is 15.2. The normalized spacial score (nSPS) is 15.7. The maximum atomic E-state index is 13.3. The molecule has 3 aromatic rings. The summed E-state index contributed by atoms with van der Waals surface area (Å²) in [7, 11) is 3.62. The number of aryl methyl sites for hydroxylation is 1. The minimum Gasteiger partial charge on any atom is -0.328 e. The van der Waals surface area contributed by atoms with Crippen LogP contribution in [-0.4, -0.2) is 67.7 Å². The molecule has 1 N–H and O–H groups in total. The Bertz CT molecular complexity index is 1160. The standard InChI is InChI=1S/C21H24FN7O2S/c1-12-17-18(24-16(30)11-27(3)4)25-19(20-23-13(2)26-32-20)29(17)10-9-28(12)21(31)14-5-7-15(22)8-6-14/h5-8,12H,9-11H2,1-4H3,(H,24,30). The topological polar surface area (TPSA) is 96.3 Å². The van der Waals surface area contributed by atoms with Crippen molar-refractivity contribution >= 4 is 29.2 Å². The van der Waals surface area contributed by atoms with Crippen LogP contribution in [0, 0.1) is 12.7 Å². The van der Waals surface area contributed by atoms with Crippen molar-refractivity contribution in [3.63, 3.8) is 0 Å². The Kier molecular flexibility index (Phi) is 6.02. The molecule has 0 fully saturated rings. The van der Waals surface area contributed by atoms with Crippen LogP contribution in [0.3, 0.4) is 0 Å². The van der Waals surface area contributed by atoms with Crippen LogP contribution in [-0.2, 0) is 11.3 Å². The van der Waals surface area contributed by atoms with Gasteiger partial charge in [0.25, 0.3) is 5.91 Å². The van der Waals surface area contributed by atoms with Crippen LogP contribution in [0.15, 0.2) is 24.3 Å². The van der Waals surface area contributed by atoms with Gasteiger partial charge in [0, 0.05) is 18.7 Å². The Balaban J connectivity index is 1.72. The first-order valence-corrected chi connectivity index (χ1v) is 10.9. The average Bonchev–Trinajstić information content (AvgIpc) is 3.31. The zero-order valence-electron chi connectivity index (χ0n) is 18.3. The molecule has 0 bridgehead atoms. The van der Waals surface area contributed by atoms with Crippen molar-refractivity contribution in [2.45, 2.75) is 26.4 Å². The van der Waals surface area contributed by atoms with E-state index in [1.807, 2.05) is 32.5 Å². The molecule has 168 valence electrons. The molecule has 4 rings (SSSR count). The molecule has 32 heavy (non-hydrogen) atoms. The number of fused-ring (bicyclic) bond motifs is 1. The monoisotopic (exact) mass is 457 g/mol. The smallest absolute Gasteiger partial charge is 0.254 e. The molecule has 1 atom stereocenters. The van der Waals surface area contributed by atoms with Crippen molar-refractivity contribution in [1.82, 2.24) is 28.7 Å². The second-order valence-electron chi connectivity index (χ2n) is 7.94. The molecule has 1 unspecified atom stereocenters. The molecule has 9 nitrogen and oxygen atoms in total. The average molecular weight is 458 g/mol. The number of hydrogen-bond donors (Lipinski definition) is 1. The van der Waals surface area contributed by atoms with Gasteiger partial charge in [0.1, 0.15) is 11.6 Å². The highest BCUT2D eigenvalue weighted by molar-refractivity contribution is 7.09. The van der Waals surface area contributed by atoms with Gasteiger partial charge in [-0.05, 0) is 63.7 Å². The lowest BCUT2D eigenvalue weighted by molar-refractivity contribution is -0.116. The largest absolute Gasteiger partial charge is 0.328 e. The van der Waals surface area contributed by atoms with E-state index in [9.17, 15) is 14.0 Å². The highest BCUT2D eigenvalue weighted by atomic mass is 32.1. The van der Waals surface area contributed by atoms with Crippen LogP contribution in [0.25, 0.3) is 10.8 Å². The van der Waals surface area contributed by atoms with Gasteiger partial charge < -0.3 is 19.7 Å². The molecule has 0 spiro atoms. The van der Waals surface area contributed by atoms with E-state index in [-0.39, 0.29) is 24.4 Å². The number of imidazole rings is 1. The molecule has 0 saturated heterocycles. The Morgan fingerprint density at radius 1 is 1.22 bits per heavy atom. The van der Waals surface area contributed by atoms with Crippen LogP contribution in [0.4, 0.5) is 10.2 Å². The van der Waals surface area contributed by atoms with E-state index < -0.39 is 5.82 Å². The molecule has 3 heterocycles. The molecule has 1 aliphatic heterocycles. The fourth-order valence-corrected chi connectivity index (χ4v) is 4.47. The van der Waals surface area contributed by atoms with Crippen molar-refractivity contribution in [3.8, 4) is 10.8 Å². The van der Waals surface area contributed by atoms with Crippen LogP contribution in [0.2, 0.25) is 0 Å². The lowest BCUT2D eigenvalue weighted by atomic mass is 10.1. The number of nitrogens with zero attached hydrogens (tertiary/aromatic N) is 6. The molecule has 0 saturated carbocycles. The fourth-order valence-electron chi connectivity index (χ4n) is 3.80. The Labute approximate surface area is 189 Å². The van der Waals surface area contributed by atoms with E-state index in [0.29, 0.717) is 41.1 Å². The second-order valence-corrected chi connectivity index (χ2v) is 8.69. The number of amides is 2. The summed E-state index contributed by atoms with van der Waals surface area (Å²) >= 11 is 1.24. The Hall–Kier alpha value is -3.18. The molecule has 1 aromatic carbocycles. The van der Waals surface area contributed by atoms with Gasteiger partial charge in [-0.1, -0.05) is 0 Å². The third kappa shape index (κ3) is 4.26. The molecule has 2 amide bonds. The molecule has 1 aliphatic rings. The van der Waals surface area contributed by atoms with Gasteiger partial charge in [0.2, 0.25) is 5.91 Å². The van der Waals surface area contributed by atoms with Gasteiger partial charge in [-0.2, -0.15) is 4.37 Å². The first kappa shape index (κ1) is 22.0. The summed E-state index contributed by atoms with van der Waals surface area (Å²) in [4.78, 5) is 38.3. The minimum atomic E-state index is -0.394. The number of anilines is 1. The quantitative estimate of drug-likeness (QED) is 0.633. The van der Waals surface area contributed by atoms with Gasteiger partial charge in [-0.25, -0.2) is 14.4 Å². The van der Waals surface area contributed by atoms with Gasteiger partial charge in [0.05, 0.1) is 18.3 Å². The molecule has 2 aromatic heterocycles. The fraction of sp³-hybridized carbons (Fsp3) is 0.381. The van der Waals surface area contributed by atoms with E-state index in [1.54, 1.807) is 9.80 Å². The molecule has 0 aliphatic carbocycles.